The molecule has 4 rings (SSSR count). The Morgan fingerprint density at radius 2 is 1.62 bits per heavy atom. The molecule has 1 N–H and O–H groups in total. The van der Waals surface area contributed by atoms with Crippen molar-refractivity contribution in [2.45, 2.75) is 44.6 Å². The van der Waals surface area contributed by atoms with Gasteiger partial charge in [-0.2, -0.15) is 0 Å². The van der Waals surface area contributed by atoms with Crippen molar-refractivity contribution in [2.24, 2.45) is 5.92 Å². The summed E-state index contributed by atoms with van der Waals surface area (Å²) in [6, 6.07) is 7.92. The number of benzene rings is 1. The van der Waals surface area contributed by atoms with Crippen molar-refractivity contribution >= 4 is 11.6 Å². The SMILES string of the molecule is O=C(CN1CCN(c2ccc(O)cc2)CC1)N1CCC[C@@H]2CCCC[C@H]21. The number of phenolic OH excluding ortho intramolecular Hbond substituents is 1. The molecule has 1 aliphatic carbocycles. The van der Waals surface area contributed by atoms with E-state index in [1.165, 1.54) is 38.5 Å². The number of amides is 1. The molecule has 0 radical (unpaired) electrons. The molecule has 2 aliphatic heterocycles. The zero-order valence-electron chi connectivity index (χ0n) is 15.6. The van der Waals surface area contributed by atoms with Crippen LogP contribution in [-0.2, 0) is 4.79 Å². The van der Waals surface area contributed by atoms with Crippen molar-refractivity contribution in [3.05, 3.63) is 24.3 Å². The Kier molecular flexibility index (Phi) is 5.34. The first-order valence-electron chi connectivity index (χ1n) is 10.3. The highest BCUT2D eigenvalue weighted by Gasteiger charge is 2.36. The number of rotatable bonds is 3. The first-order valence-corrected chi connectivity index (χ1v) is 10.3. The smallest absolute Gasteiger partial charge is 0.237 e. The molecular weight excluding hydrogens is 326 g/mol. The molecule has 142 valence electrons. The van der Waals surface area contributed by atoms with Crippen LogP contribution in [0.3, 0.4) is 0 Å². The summed E-state index contributed by atoms with van der Waals surface area (Å²) in [4.78, 5) is 19.8. The normalized spacial score (nSPS) is 27.2. The van der Waals surface area contributed by atoms with Gasteiger partial charge in [-0.05, 0) is 55.9 Å². The number of hydrogen-bond acceptors (Lipinski definition) is 4. The molecule has 2 atom stereocenters. The van der Waals surface area contributed by atoms with Crippen LogP contribution in [0.15, 0.2) is 24.3 Å². The molecule has 2 heterocycles. The van der Waals surface area contributed by atoms with E-state index in [1.54, 1.807) is 12.1 Å². The van der Waals surface area contributed by atoms with Gasteiger partial charge in [-0.1, -0.05) is 12.8 Å². The molecule has 5 nitrogen and oxygen atoms in total. The van der Waals surface area contributed by atoms with Crippen molar-refractivity contribution in [2.75, 3.05) is 44.2 Å². The summed E-state index contributed by atoms with van der Waals surface area (Å²) < 4.78 is 0. The van der Waals surface area contributed by atoms with E-state index in [1.807, 2.05) is 12.1 Å². The molecule has 5 heteroatoms. The van der Waals surface area contributed by atoms with Gasteiger partial charge in [0.25, 0.3) is 0 Å². The largest absolute Gasteiger partial charge is 0.508 e. The topological polar surface area (TPSA) is 47.0 Å². The average molecular weight is 357 g/mol. The highest BCUT2D eigenvalue weighted by molar-refractivity contribution is 5.78. The fourth-order valence-electron chi connectivity index (χ4n) is 5.04. The van der Waals surface area contributed by atoms with E-state index in [0.717, 1.165) is 44.3 Å². The number of anilines is 1. The maximum Gasteiger partial charge on any atom is 0.237 e. The lowest BCUT2D eigenvalue weighted by Gasteiger charge is -2.45. The molecule has 1 amide bonds. The van der Waals surface area contributed by atoms with Crippen molar-refractivity contribution in [1.29, 1.82) is 0 Å². The maximum absolute atomic E-state index is 13.0. The fourth-order valence-corrected chi connectivity index (χ4v) is 5.04. The summed E-state index contributed by atoms with van der Waals surface area (Å²) in [6.45, 7) is 5.26. The summed E-state index contributed by atoms with van der Waals surface area (Å²) in [5, 5.41) is 9.43. The Morgan fingerprint density at radius 1 is 0.923 bits per heavy atom. The van der Waals surface area contributed by atoms with Gasteiger partial charge in [-0.15, -0.1) is 0 Å². The van der Waals surface area contributed by atoms with Gasteiger partial charge in [0.15, 0.2) is 0 Å². The van der Waals surface area contributed by atoms with E-state index < -0.39 is 0 Å². The van der Waals surface area contributed by atoms with E-state index in [2.05, 4.69) is 14.7 Å². The van der Waals surface area contributed by atoms with Crippen LogP contribution in [0.1, 0.15) is 38.5 Å². The van der Waals surface area contributed by atoms with E-state index >= 15 is 0 Å². The first-order chi connectivity index (χ1) is 12.7. The Hall–Kier alpha value is -1.75. The number of hydrogen-bond donors (Lipinski definition) is 1. The highest BCUT2D eigenvalue weighted by atomic mass is 16.3. The Labute approximate surface area is 156 Å². The summed E-state index contributed by atoms with van der Waals surface area (Å²) in [5.41, 5.74) is 1.15. The highest BCUT2D eigenvalue weighted by Crippen LogP contribution is 2.35. The van der Waals surface area contributed by atoms with Crippen LogP contribution in [-0.4, -0.2) is 66.1 Å². The number of piperidine rings is 1. The van der Waals surface area contributed by atoms with Gasteiger partial charge >= 0.3 is 0 Å². The van der Waals surface area contributed by atoms with Crippen LogP contribution in [0.4, 0.5) is 5.69 Å². The molecule has 0 aromatic heterocycles. The molecule has 0 spiro atoms. The summed E-state index contributed by atoms with van der Waals surface area (Å²) >= 11 is 0. The van der Waals surface area contributed by atoms with Crippen LogP contribution in [0.2, 0.25) is 0 Å². The number of fused-ring (bicyclic) bond motifs is 1. The minimum Gasteiger partial charge on any atom is -0.508 e. The van der Waals surface area contributed by atoms with Gasteiger partial charge in [-0.25, -0.2) is 0 Å². The van der Waals surface area contributed by atoms with Gasteiger partial charge in [0.2, 0.25) is 5.91 Å². The molecular formula is C21H31N3O2. The summed E-state index contributed by atoms with van der Waals surface area (Å²) in [5.74, 6) is 1.41. The van der Waals surface area contributed by atoms with Gasteiger partial charge < -0.3 is 14.9 Å². The molecule has 1 aromatic carbocycles. The van der Waals surface area contributed by atoms with Crippen LogP contribution in [0, 0.1) is 5.92 Å². The van der Waals surface area contributed by atoms with E-state index in [9.17, 15) is 9.90 Å². The van der Waals surface area contributed by atoms with Crippen LogP contribution in [0.25, 0.3) is 0 Å². The minimum absolute atomic E-state index is 0.306. The average Bonchev–Trinajstić information content (AvgIpc) is 2.69. The molecule has 1 saturated carbocycles. The number of carbonyl (C=O) groups excluding carboxylic acids is 1. The molecule has 2 saturated heterocycles. The molecule has 3 fully saturated rings. The van der Waals surface area contributed by atoms with Crippen molar-refractivity contribution in [1.82, 2.24) is 9.80 Å². The van der Waals surface area contributed by atoms with Crippen molar-refractivity contribution in [3.63, 3.8) is 0 Å². The zero-order valence-corrected chi connectivity index (χ0v) is 15.6. The Bertz CT molecular complexity index is 608. The second-order valence-electron chi connectivity index (χ2n) is 8.12. The fraction of sp³-hybridized carbons (Fsp3) is 0.667. The second-order valence-corrected chi connectivity index (χ2v) is 8.12. The van der Waals surface area contributed by atoms with Gasteiger partial charge in [0.1, 0.15) is 5.75 Å². The third kappa shape index (κ3) is 3.83. The maximum atomic E-state index is 13.0. The number of likely N-dealkylation sites (tertiary alicyclic amines) is 1. The molecule has 26 heavy (non-hydrogen) atoms. The van der Waals surface area contributed by atoms with E-state index in [0.29, 0.717) is 24.2 Å². The molecule has 3 aliphatic rings. The second kappa shape index (κ2) is 7.87. The predicted molar refractivity (Wildman–Crippen MR) is 103 cm³/mol. The molecule has 1 aromatic rings. The monoisotopic (exact) mass is 357 g/mol. The summed E-state index contributed by atoms with van der Waals surface area (Å²) in [6.07, 6.45) is 7.67. The Balaban J connectivity index is 1.29. The molecule has 0 unspecified atom stereocenters. The van der Waals surface area contributed by atoms with Gasteiger partial charge in [0.05, 0.1) is 6.54 Å². The van der Waals surface area contributed by atoms with Gasteiger partial charge in [0, 0.05) is 44.5 Å². The van der Waals surface area contributed by atoms with Crippen LogP contribution in [0.5, 0.6) is 5.75 Å². The number of phenols is 1. The lowest BCUT2D eigenvalue weighted by atomic mass is 9.78. The zero-order chi connectivity index (χ0) is 17.9. The van der Waals surface area contributed by atoms with Crippen molar-refractivity contribution < 1.29 is 9.90 Å². The van der Waals surface area contributed by atoms with Gasteiger partial charge in [-0.3, -0.25) is 9.69 Å². The molecule has 0 bridgehead atoms. The first kappa shape index (κ1) is 17.7. The standard InChI is InChI=1S/C21H31N3O2/c25-19-9-7-18(8-10-19)23-14-12-22(13-15-23)16-21(26)24-11-3-5-17-4-1-2-6-20(17)24/h7-10,17,20,25H,1-6,11-16H2/t17-,20+/m0/s1. The number of aromatic hydroxyl groups is 1. The summed E-state index contributed by atoms with van der Waals surface area (Å²) in [7, 11) is 0. The number of nitrogens with zero attached hydrogens (tertiary/aromatic N) is 3. The quantitative estimate of drug-likeness (QED) is 0.904. The van der Waals surface area contributed by atoms with E-state index in [-0.39, 0.29) is 0 Å². The Morgan fingerprint density at radius 3 is 2.38 bits per heavy atom. The lowest BCUT2D eigenvalue weighted by molar-refractivity contribution is -0.138. The minimum atomic E-state index is 0.306. The van der Waals surface area contributed by atoms with E-state index in [4.69, 9.17) is 0 Å². The van der Waals surface area contributed by atoms with Crippen LogP contribution < -0.4 is 4.90 Å². The third-order valence-electron chi connectivity index (χ3n) is 6.51. The number of piperazine rings is 1. The third-order valence-corrected chi connectivity index (χ3v) is 6.51. The number of carbonyl (C=O) groups is 1. The van der Waals surface area contributed by atoms with Crippen molar-refractivity contribution in [3.8, 4) is 5.75 Å². The predicted octanol–water partition coefficient (Wildman–Crippen LogP) is 2.70. The van der Waals surface area contributed by atoms with Crippen LogP contribution >= 0.6 is 0 Å². The lowest BCUT2D eigenvalue weighted by Crippen LogP contribution is -2.54.